The topological polar surface area (TPSA) is 66.2 Å². The van der Waals surface area contributed by atoms with Crippen LogP contribution in [0.15, 0.2) is 42.5 Å². The Labute approximate surface area is 199 Å². The number of rotatable bonds is 4. The van der Waals surface area contributed by atoms with Crippen molar-refractivity contribution < 1.29 is 40.6 Å². The fourth-order valence-corrected chi connectivity index (χ4v) is 4.08. The Hall–Kier alpha value is -3.12. The van der Waals surface area contributed by atoms with Crippen molar-refractivity contribution in [3.05, 3.63) is 75.8 Å². The van der Waals surface area contributed by atoms with Crippen LogP contribution in [-0.2, 0) is 26.6 Å². The van der Waals surface area contributed by atoms with E-state index in [-0.39, 0.29) is 28.4 Å². The Morgan fingerprint density at radius 3 is 2.43 bits per heavy atom. The third kappa shape index (κ3) is 4.85. The first kappa shape index (κ1) is 25.0. The minimum Gasteiger partial charge on any atom is -0.466 e. The number of benzene rings is 2. The zero-order valence-electron chi connectivity index (χ0n) is 17.8. The van der Waals surface area contributed by atoms with E-state index in [1.807, 2.05) is 0 Å². The summed E-state index contributed by atoms with van der Waals surface area (Å²) >= 11 is 6.09. The van der Waals surface area contributed by atoms with E-state index in [0.717, 1.165) is 12.1 Å². The molecule has 1 aliphatic rings. The highest BCUT2D eigenvalue weighted by molar-refractivity contribution is 6.30. The molecule has 1 aromatic heterocycles. The summed E-state index contributed by atoms with van der Waals surface area (Å²) in [6, 6.07) is 8.19. The molecule has 0 unspecified atom stereocenters. The number of aromatic nitrogens is 3. The van der Waals surface area contributed by atoms with Crippen LogP contribution < -0.4 is 0 Å². The molecular formula is C22H16ClF6N3O3. The molecule has 0 saturated heterocycles. The summed E-state index contributed by atoms with van der Waals surface area (Å²) in [5.74, 6) is -2.69. The molecule has 3 aromatic rings. The van der Waals surface area contributed by atoms with Gasteiger partial charge in [-0.15, -0.1) is 10.2 Å². The molecule has 1 aliphatic heterocycles. The van der Waals surface area contributed by atoms with E-state index in [1.54, 1.807) is 0 Å². The highest BCUT2D eigenvalue weighted by Gasteiger charge is 2.45. The van der Waals surface area contributed by atoms with Crippen LogP contribution in [-0.4, -0.2) is 27.3 Å². The molecule has 2 atom stereocenters. The van der Waals surface area contributed by atoms with E-state index in [1.165, 1.54) is 37.3 Å². The Bertz CT molecular complexity index is 1260. The lowest BCUT2D eigenvalue weighted by molar-refractivity contribution is -0.149. The zero-order chi connectivity index (χ0) is 25.5. The average Bonchev–Trinajstić information content (AvgIpc) is 3.17. The molecule has 35 heavy (non-hydrogen) atoms. The molecule has 2 heterocycles. The Balaban J connectivity index is 2.00. The first-order valence-corrected chi connectivity index (χ1v) is 10.6. The normalized spacial score (nSPS) is 17.9. The highest BCUT2D eigenvalue weighted by atomic mass is 35.5. The molecular weight excluding hydrogens is 504 g/mol. The number of hydrogen-bond donors (Lipinski definition) is 0. The smallest absolute Gasteiger partial charge is 0.452 e. The summed E-state index contributed by atoms with van der Waals surface area (Å²) < 4.78 is 94.5. The van der Waals surface area contributed by atoms with Crippen molar-refractivity contribution in [2.24, 2.45) is 0 Å². The van der Waals surface area contributed by atoms with Crippen molar-refractivity contribution in [3.63, 3.8) is 0 Å². The summed E-state index contributed by atoms with van der Waals surface area (Å²) in [6.45, 7) is 1.50. The van der Waals surface area contributed by atoms with Gasteiger partial charge in [-0.2, -0.15) is 26.3 Å². The monoisotopic (exact) mass is 519 g/mol. The van der Waals surface area contributed by atoms with Crippen LogP contribution >= 0.6 is 11.6 Å². The van der Waals surface area contributed by atoms with E-state index in [4.69, 9.17) is 21.1 Å². The van der Waals surface area contributed by atoms with Gasteiger partial charge in [0.25, 0.3) is 0 Å². The second-order valence-electron chi connectivity index (χ2n) is 7.52. The number of ether oxygens (including phenoxy) is 2. The third-order valence-corrected chi connectivity index (χ3v) is 5.48. The second kappa shape index (κ2) is 9.15. The van der Waals surface area contributed by atoms with Crippen molar-refractivity contribution >= 4 is 17.6 Å². The number of alkyl halides is 6. The van der Waals surface area contributed by atoms with Crippen LogP contribution in [0.3, 0.4) is 0 Å². The molecule has 2 aromatic carbocycles. The first-order valence-electron chi connectivity index (χ1n) is 10.2. The maximum absolute atomic E-state index is 13.9. The molecule has 0 radical (unpaired) electrons. The van der Waals surface area contributed by atoms with Crippen LogP contribution in [0.4, 0.5) is 26.3 Å². The summed E-state index contributed by atoms with van der Waals surface area (Å²) in [4.78, 5) is 12.3. The number of fused-ring (bicyclic) bond motifs is 3. The van der Waals surface area contributed by atoms with Gasteiger partial charge in [0.05, 0.1) is 24.3 Å². The van der Waals surface area contributed by atoms with Crippen molar-refractivity contribution in [1.82, 2.24) is 14.8 Å². The second-order valence-corrected chi connectivity index (χ2v) is 7.95. The molecule has 13 heteroatoms. The average molecular weight is 520 g/mol. The number of halogens is 7. The van der Waals surface area contributed by atoms with Crippen LogP contribution in [0.25, 0.3) is 5.69 Å². The molecule has 0 aliphatic carbocycles. The maximum Gasteiger partial charge on any atom is 0.452 e. The molecule has 0 N–H and O–H groups in total. The molecule has 186 valence electrons. The molecule has 0 fully saturated rings. The van der Waals surface area contributed by atoms with Crippen LogP contribution in [0.2, 0.25) is 5.02 Å². The predicted molar refractivity (Wildman–Crippen MR) is 110 cm³/mol. The standard InChI is InChI=1S/C22H16ClF6N3O3/c1-2-34-17(33)10-16-19-30-31-20(22(27,28)29)32(19)15-8-7-11(23)9-13(15)18(35-16)12-5-3-4-6-14(12)21(24,25)26/h3-9,16,18H,2,10H2,1H3/t16-,18-/m1/s1. The van der Waals surface area contributed by atoms with E-state index in [9.17, 15) is 31.1 Å². The Morgan fingerprint density at radius 1 is 1.06 bits per heavy atom. The predicted octanol–water partition coefficient (Wildman–Crippen LogP) is 6.07. The minimum atomic E-state index is -4.97. The lowest BCUT2D eigenvalue weighted by Crippen LogP contribution is -2.19. The summed E-state index contributed by atoms with van der Waals surface area (Å²) in [5.41, 5.74) is -1.70. The fraction of sp³-hybridized carbons (Fsp3) is 0.318. The van der Waals surface area contributed by atoms with Gasteiger partial charge in [0.15, 0.2) is 5.82 Å². The van der Waals surface area contributed by atoms with E-state index in [2.05, 4.69) is 10.2 Å². The van der Waals surface area contributed by atoms with E-state index in [0.29, 0.717) is 4.57 Å². The number of carbonyl (C=O) groups excluding carboxylic acids is 1. The van der Waals surface area contributed by atoms with Gasteiger partial charge in [0, 0.05) is 10.6 Å². The van der Waals surface area contributed by atoms with Gasteiger partial charge in [0.2, 0.25) is 5.82 Å². The molecule has 0 saturated carbocycles. The SMILES string of the molecule is CCOC(=O)C[C@H]1O[C@H](c2ccccc2C(F)(F)F)c2cc(Cl)ccc2-n2c1nnc2C(F)(F)F. The minimum absolute atomic E-state index is 0.0256. The third-order valence-electron chi connectivity index (χ3n) is 5.25. The van der Waals surface area contributed by atoms with E-state index >= 15 is 0 Å². The Morgan fingerprint density at radius 2 is 1.77 bits per heavy atom. The number of nitrogens with zero attached hydrogens (tertiary/aromatic N) is 3. The highest BCUT2D eigenvalue weighted by Crippen LogP contribution is 2.46. The quantitative estimate of drug-likeness (QED) is 0.309. The zero-order valence-corrected chi connectivity index (χ0v) is 18.6. The van der Waals surface area contributed by atoms with Gasteiger partial charge in [-0.1, -0.05) is 29.8 Å². The summed E-state index contributed by atoms with van der Waals surface area (Å²) in [7, 11) is 0. The van der Waals surface area contributed by atoms with Crippen molar-refractivity contribution in [2.75, 3.05) is 6.61 Å². The van der Waals surface area contributed by atoms with Gasteiger partial charge in [-0.25, -0.2) is 0 Å². The maximum atomic E-state index is 13.9. The van der Waals surface area contributed by atoms with Crippen molar-refractivity contribution in [1.29, 1.82) is 0 Å². The molecule has 0 amide bonds. The summed E-state index contributed by atoms with van der Waals surface area (Å²) in [6.07, 6.45) is -13.5. The van der Waals surface area contributed by atoms with Gasteiger partial charge >= 0.3 is 18.3 Å². The van der Waals surface area contributed by atoms with Crippen LogP contribution in [0.1, 0.15) is 53.9 Å². The number of hydrogen-bond acceptors (Lipinski definition) is 5. The van der Waals surface area contributed by atoms with Crippen molar-refractivity contribution in [2.45, 2.75) is 37.9 Å². The fourth-order valence-electron chi connectivity index (χ4n) is 3.90. The van der Waals surface area contributed by atoms with Gasteiger partial charge < -0.3 is 9.47 Å². The first-order chi connectivity index (χ1) is 16.4. The largest absolute Gasteiger partial charge is 0.466 e. The van der Waals surface area contributed by atoms with E-state index < -0.39 is 54.2 Å². The lowest BCUT2D eigenvalue weighted by Gasteiger charge is -2.25. The lowest BCUT2D eigenvalue weighted by atomic mass is 9.95. The van der Waals surface area contributed by atoms with Gasteiger partial charge in [-0.05, 0) is 36.8 Å². The molecule has 4 rings (SSSR count). The number of esters is 1. The number of carbonyl (C=O) groups is 1. The molecule has 0 spiro atoms. The van der Waals surface area contributed by atoms with Crippen LogP contribution in [0.5, 0.6) is 0 Å². The van der Waals surface area contributed by atoms with Crippen LogP contribution in [0, 0.1) is 0 Å². The van der Waals surface area contributed by atoms with Gasteiger partial charge in [-0.3, -0.25) is 9.36 Å². The Kier molecular flexibility index (Phi) is 6.54. The molecule has 6 nitrogen and oxygen atoms in total. The van der Waals surface area contributed by atoms with Gasteiger partial charge in [0.1, 0.15) is 12.2 Å². The van der Waals surface area contributed by atoms with Crippen molar-refractivity contribution in [3.8, 4) is 5.69 Å². The summed E-state index contributed by atoms with van der Waals surface area (Å²) in [5, 5.41) is 6.89. The molecule has 0 bridgehead atoms.